The zero-order valence-electron chi connectivity index (χ0n) is 7.12. The van der Waals surface area contributed by atoms with Crippen LogP contribution < -0.4 is 5.73 Å². The monoisotopic (exact) mass is 171 g/mol. The lowest BCUT2D eigenvalue weighted by Crippen LogP contribution is -2.04. The molecule has 12 heavy (non-hydrogen) atoms. The summed E-state index contributed by atoms with van der Waals surface area (Å²) in [5.74, 6) is 1.15. The Morgan fingerprint density at radius 3 is 3.00 bits per heavy atom. The molecule has 1 rings (SSSR count). The van der Waals surface area contributed by atoms with Gasteiger partial charge in [-0.3, -0.25) is 0 Å². The van der Waals surface area contributed by atoms with Crippen molar-refractivity contribution in [3.05, 3.63) is 11.7 Å². The zero-order valence-corrected chi connectivity index (χ0v) is 7.12. The Kier molecular flexibility index (Phi) is 3.69. The average Bonchev–Trinajstić information content (AvgIpc) is 2.45. The molecule has 0 atom stereocenters. The third-order valence-electron chi connectivity index (χ3n) is 1.29. The molecule has 1 heterocycles. The van der Waals surface area contributed by atoms with Crippen LogP contribution in [0.2, 0.25) is 0 Å². The fourth-order valence-electron chi connectivity index (χ4n) is 0.744. The van der Waals surface area contributed by atoms with E-state index in [2.05, 4.69) is 10.1 Å². The van der Waals surface area contributed by atoms with Crippen molar-refractivity contribution < 1.29 is 9.26 Å². The van der Waals surface area contributed by atoms with Gasteiger partial charge in [-0.1, -0.05) is 5.16 Å². The molecule has 1 aromatic heterocycles. The van der Waals surface area contributed by atoms with E-state index < -0.39 is 0 Å². The predicted octanol–water partition coefficient (Wildman–Crippen LogP) is 0.243. The van der Waals surface area contributed by atoms with Crippen LogP contribution in [0.3, 0.4) is 0 Å². The molecule has 0 saturated carbocycles. The Labute approximate surface area is 70.9 Å². The van der Waals surface area contributed by atoms with E-state index in [1.807, 2.05) is 0 Å². The highest BCUT2D eigenvalue weighted by Crippen LogP contribution is 1.97. The van der Waals surface area contributed by atoms with E-state index >= 15 is 0 Å². The zero-order chi connectivity index (χ0) is 8.81. The van der Waals surface area contributed by atoms with Gasteiger partial charge in [0.1, 0.15) is 6.61 Å². The second kappa shape index (κ2) is 4.84. The summed E-state index contributed by atoms with van der Waals surface area (Å²) < 4.78 is 10.0. The Morgan fingerprint density at radius 2 is 2.42 bits per heavy atom. The van der Waals surface area contributed by atoms with Gasteiger partial charge in [0.05, 0.1) is 0 Å². The van der Waals surface area contributed by atoms with Gasteiger partial charge < -0.3 is 15.0 Å². The Morgan fingerprint density at radius 1 is 1.58 bits per heavy atom. The molecule has 0 unspecified atom stereocenters. The quantitative estimate of drug-likeness (QED) is 0.642. The molecule has 0 aliphatic carbocycles. The van der Waals surface area contributed by atoms with Gasteiger partial charge in [0.25, 0.3) is 5.89 Å². The molecule has 0 aliphatic heterocycles. The van der Waals surface area contributed by atoms with Crippen molar-refractivity contribution in [1.82, 2.24) is 10.1 Å². The van der Waals surface area contributed by atoms with Crippen molar-refractivity contribution in [3.8, 4) is 0 Å². The van der Waals surface area contributed by atoms with Gasteiger partial charge in [-0.15, -0.1) is 0 Å². The molecule has 2 N–H and O–H groups in total. The highest BCUT2D eigenvalue weighted by molar-refractivity contribution is 4.79. The topological polar surface area (TPSA) is 74.2 Å². The minimum absolute atomic E-state index is 0.376. The summed E-state index contributed by atoms with van der Waals surface area (Å²) in [6.45, 7) is 3.43. The SMILES string of the molecule is Cc1noc(COCCCN)n1. The van der Waals surface area contributed by atoms with Crippen LogP contribution in [0.5, 0.6) is 0 Å². The highest BCUT2D eigenvalue weighted by Gasteiger charge is 2.00. The Hall–Kier alpha value is -0.940. The number of aryl methyl sites for hydroxylation is 1. The van der Waals surface area contributed by atoms with E-state index in [1.54, 1.807) is 6.92 Å². The minimum atomic E-state index is 0.376. The van der Waals surface area contributed by atoms with Crippen LogP contribution in [0.15, 0.2) is 4.52 Å². The molecular weight excluding hydrogens is 158 g/mol. The van der Waals surface area contributed by atoms with Crippen LogP contribution in [0.25, 0.3) is 0 Å². The summed E-state index contributed by atoms with van der Waals surface area (Å²) in [5, 5.41) is 3.62. The molecular formula is C7H13N3O2. The first-order valence-corrected chi connectivity index (χ1v) is 3.90. The number of nitrogens with two attached hydrogens (primary N) is 1. The number of hydrogen-bond acceptors (Lipinski definition) is 5. The van der Waals surface area contributed by atoms with Crippen LogP contribution in [-0.4, -0.2) is 23.3 Å². The smallest absolute Gasteiger partial charge is 0.252 e. The molecule has 0 radical (unpaired) electrons. The van der Waals surface area contributed by atoms with E-state index in [-0.39, 0.29) is 0 Å². The molecule has 0 fully saturated rings. The summed E-state index contributed by atoms with van der Waals surface area (Å²) >= 11 is 0. The number of rotatable bonds is 5. The van der Waals surface area contributed by atoms with E-state index in [4.69, 9.17) is 15.0 Å². The van der Waals surface area contributed by atoms with E-state index in [1.165, 1.54) is 0 Å². The van der Waals surface area contributed by atoms with Gasteiger partial charge in [-0.25, -0.2) is 0 Å². The van der Waals surface area contributed by atoms with Crippen LogP contribution >= 0.6 is 0 Å². The Bertz CT molecular complexity index is 224. The van der Waals surface area contributed by atoms with Crippen molar-refractivity contribution in [2.75, 3.05) is 13.2 Å². The predicted molar refractivity (Wildman–Crippen MR) is 42.4 cm³/mol. The standard InChI is InChI=1S/C7H13N3O2/c1-6-9-7(12-10-6)5-11-4-2-3-8/h2-5,8H2,1H3. The van der Waals surface area contributed by atoms with Gasteiger partial charge >= 0.3 is 0 Å². The summed E-state index contributed by atoms with van der Waals surface area (Å²) in [5.41, 5.74) is 5.28. The lowest BCUT2D eigenvalue weighted by Gasteiger charge is -1.97. The highest BCUT2D eigenvalue weighted by atomic mass is 16.5. The maximum atomic E-state index is 5.28. The van der Waals surface area contributed by atoms with Crippen LogP contribution in [0.4, 0.5) is 0 Å². The summed E-state index contributed by atoms with van der Waals surface area (Å²) in [7, 11) is 0. The van der Waals surface area contributed by atoms with Gasteiger partial charge in [0.15, 0.2) is 5.82 Å². The third kappa shape index (κ3) is 2.98. The van der Waals surface area contributed by atoms with Crippen LogP contribution in [0, 0.1) is 6.92 Å². The van der Waals surface area contributed by atoms with Gasteiger partial charge in [-0.2, -0.15) is 4.98 Å². The second-order valence-corrected chi connectivity index (χ2v) is 2.43. The fourth-order valence-corrected chi connectivity index (χ4v) is 0.744. The molecule has 0 aromatic carbocycles. The molecule has 0 aliphatic rings. The number of hydrogen-bond donors (Lipinski definition) is 1. The summed E-state index contributed by atoms with van der Waals surface area (Å²) in [6.07, 6.45) is 0.854. The van der Waals surface area contributed by atoms with Crippen LogP contribution in [-0.2, 0) is 11.3 Å². The van der Waals surface area contributed by atoms with Gasteiger partial charge in [0.2, 0.25) is 0 Å². The van der Waals surface area contributed by atoms with Gasteiger partial charge in [0, 0.05) is 6.61 Å². The minimum Gasteiger partial charge on any atom is -0.372 e. The van der Waals surface area contributed by atoms with Crippen molar-refractivity contribution in [2.45, 2.75) is 20.0 Å². The van der Waals surface area contributed by atoms with E-state index in [0.29, 0.717) is 31.5 Å². The van der Waals surface area contributed by atoms with Crippen LogP contribution in [0.1, 0.15) is 18.1 Å². The summed E-state index contributed by atoms with van der Waals surface area (Å²) in [6, 6.07) is 0. The lowest BCUT2D eigenvalue weighted by atomic mass is 10.5. The van der Waals surface area contributed by atoms with Gasteiger partial charge in [-0.05, 0) is 19.9 Å². The number of aromatic nitrogens is 2. The molecule has 5 heteroatoms. The Balaban J connectivity index is 2.15. The van der Waals surface area contributed by atoms with Crippen molar-refractivity contribution in [1.29, 1.82) is 0 Å². The first-order valence-electron chi connectivity index (χ1n) is 3.90. The largest absolute Gasteiger partial charge is 0.372 e. The molecule has 5 nitrogen and oxygen atoms in total. The second-order valence-electron chi connectivity index (χ2n) is 2.43. The molecule has 1 aromatic rings. The molecule has 0 spiro atoms. The molecule has 0 amide bonds. The molecule has 68 valence electrons. The molecule has 0 saturated heterocycles. The fraction of sp³-hybridized carbons (Fsp3) is 0.714. The third-order valence-corrected chi connectivity index (χ3v) is 1.29. The van der Waals surface area contributed by atoms with Crippen molar-refractivity contribution >= 4 is 0 Å². The number of nitrogens with zero attached hydrogens (tertiary/aromatic N) is 2. The van der Waals surface area contributed by atoms with Crippen molar-refractivity contribution in [2.24, 2.45) is 5.73 Å². The van der Waals surface area contributed by atoms with E-state index in [9.17, 15) is 0 Å². The van der Waals surface area contributed by atoms with E-state index in [0.717, 1.165) is 6.42 Å². The first kappa shape index (κ1) is 9.15. The number of ether oxygens (including phenoxy) is 1. The average molecular weight is 171 g/mol. The van der Waals surface area contributed by atoms with Crippen molar-refractivity contribution in [3.63, 3.8) is 0 Å². The maximum Gasteiger partial charge on any atom is 0.252 e. The lowest BCUT2D eigenvalue weighted by molar-refractivity contribution is 0.0969. The first-order chi connectivity index (χ1) is 5.83. The molecule has 0 bridgehead atoms. The normalized spacial score (nSPS) is 10.5. The summed E-state index contributed by atoms with van der Waals surface area (Å²) in [4.78, 5) is 3.97. The maximum absolute atomic E-state index is 5.28.